The average Bonchev–Trinajstić information content (AvgIpc) is 2.82. The van der Waals surface area contributed by atoms with E-state index in [1.54, 1.807) is 26.4 Å². The Morgan fingerprint density at radius 3 is 2.32 bits per heavy atom. The number of aliphatic imine (C=N–C) groups is 1. The molecule has 0 saturated heterocycles. The van der Waals surface area contributed by atoms with E-state index in [4.69, 9.17) is 14.2 Å². The van der Waals surface area contributed by atoms with Crippen molar-refractivity contribution in [3.05, 3.63) is 89.5 Å². The lowest BCUT2D eigenvalue weighted by Crippen LogP contribution is -2.09. The molecule has 0 saturated carbocycles. The quantitative estimate of drug-likeness (QED) is 0.337. The minimum absolute atomic E-state index is 0.0700. The molecule has 0 aromatic heterocycles. The van der Waals surface area contributed by atoms with Crippen molar-refractivity contribution in [2.24, 2.45) is 4.99 Å². The molecule has 5 heteroatoms. The third-order valence-electron chi connectivity index (χ3n) is 4.82. The molecule has 0 fully saturated rings. The predicted octanol–water partition coefficient (Wildman–Crippen LogP) is 5.17. The molecule has 0 aliphatic carbocycles. The molecule has 0 spiro atoms. The second-order valence-electron chi connectivity index (χ2n) is 7.16. The molecule has 5 nitrogen and oxygen atoms in total. The maximum Gasteiger partial charge on any atom is 0.207 e. The topological polar surface area (TPSA) is 57.1 Å². The van der Waals surface area contributed by atoms with Crippen LogP contribution in [0.5, 0.6) is 17.2 Å². The molecule has 1 atom stereocenters. The lowest BCUT2D eigenvalue weighted by Gasteiger charge is -2.11. The van der Waals surface area contributed by atoms with Crippen molar-refractivity contribution in [3.63, 3.8) is 0 Å². The van der Waals surface area contributed by atoms with Crippen molar-refractivity contribution in [1.29, 1.82) is 0 Å². The molecular formula is C26H27NO4. The van der Waals surface area contributed by atoms with Crippen LogP contribution in [0.4, 0.5) is 0 Å². The summed E-state index contributed by atoms with van der Waals surface area (Å²) in [4.78, 5) is 17.2. The van der Waals surface area contributed by atoms with Crippen LogP contribution in [0.2, 0.25) is 0 Å². The maximum absolute atomic E-state index is 12.8. The van der Waals surface area contributed by atoms with Crippen LogP contribution < -0.4 is 14.2 Å². The third kappa shape index (κ3) is 6.19. The Labute approximate surface area is 183 Å². The fraction of sp³-hybridized carbons (Fsp3) is 0.231. The lowest BCUT2D eigenvalue weighted by molar-refractivity contribution is 0.106. The second-order valence-corrected chi connectivity index (χ2v) is 7.16. The first-order valence-corrected chi connectivity index (χ1v) is 10.1. The fourth-order valence-corrected chi connectivity index (χ4v) is 3.20. The van der Waals surface area contributed by atoms with E-state index < -0.39 is 0 Å². The highest BCUT2D eigenvalue weighted by molar-refractivity contribution is 6.36. The van der Waals surface area contributed by atoms with Crippen LogP contribution in [-0.2, 0) is 13.0 Å². The summed E-state index contributed by atoms with van der Waals surface area (Å²) < 4.78 is 16.5. The molecule has 3 rings (SSSR count). The number of rotatable bonds is 10. The van der Waals surface area contributed by atoms with Gasteiger partial charge in [0.05, 0.1) is 32.0 Å². The average molecular weight is 418 g/mol. The molecule has 31 heavy (non-hydrogen) atoms. The molecule has 160 valence electrons. The van der Waals surface area contributed by atoms with E-state index >= 15 is 0 Å². The van der Waals surface area contributed by atoms with Gasteiger partial charge in [-0.3, -0.25) is 9.79 Å². The summed E-state index contributed by atoms with van der Waals surface area (Å²) in [5, 5.41) is 0. The van der Waals surface area contributed by atoms with Crippen LogP contribution in [-0.4, -0.2) is 32.3 Å². The summed E-state index contributed by atoms with van der Waals surface area (Å²) in [5.74, 6) is 1.74. The SMILES string of the molecule is COc1ccc(CC(C)/N=C\C(=O)c2ccccc2OCc2ccccc2)cc1OC. The van der Waals surface area contributed by atoms with E-state index in [0.29, 0.717) is 35.8 Å². The van der Waals surface area contributed by atoms with E-state index in [9.17, 15) is 4.79 Å². The first-order valence-electron chi connectivity index (χ1n) is 10.1. The van der Waals surface area contributed by atoms with E-state index in [-0.39, 0.29) is 11.8 Å². The molecule has 0 N–H and O–H groups in total. The van der Waals surface area contributed by atoms with Crippen LogP contribution in [0.1, 0.15) is 28.4 Å². The molecule has 0 aliphatic rings. The first-order chi connectivity index (χ1) is 15.1. The Balaban J connectivity index is 1.64. The summed E-state index contributed by atoms with van der Waals surface area (Å²) >= 11 is 0. The van der Waals surface area contributed by atoms with Crippen molar-refractivity contribution in [3.8, 4) is 17.2 Å². The number of methoxy groups -OCH3 is 2. The summed E-state index contributed by atoms with van der Waals surface area (Å²) in [6, 6.07) is 22.8. The highest BCUT2D eigenvalue weighted by Gasteiger charge is 2.12. The number of Topliss-reactive ketones (excluding diaryl/α,β-unsaturated/α-hetero) is 1. The molecule has 0 aliphatic heterocycles. The van der Waals surface area contributed by atoms with Gasteiger partial charge in [0, 0.05) is 0 Å². The third-order valence-corrected chi connectivity index (χ3v) is 4.82. The predicted molar refractivity (Wildman–Crippen MR) is 123 cm³/mol. The van der Waals surface area contributed by atoms with E-state index in [2.05, 4.69) is 4.99 Å². The van der Waals surface area contributed by atoms with Gasteiger partial charge in [0.15, 0.2) is 11.5 Å². The maximum atomic E-state index is 12.8. The Bertz CT molecular complexity index is 1030. The minimum Gasteiger partial charge on any atom is -0.493 e. The number of hydrogen-bond acceptors (Lipinski definition) is 5. The fourth-order valence-electron chi connectivity index (χ4n) is 3.20. The summed E-state index contributed by atoms with van der Waals surface area (Å²) in [7, 11) is 3.22. The van der Waals surface area contributed by atoms with Gasteiger partial charge in [0.25, 0.3) is 0 Å². The Morgan fingerprint density at radius 2 is 1.58 bits per heavy atom. The van der Waals surface area contributed by atoms with Gasteiger partial charge in [-0.2, -0.15) is 0 Å². The summed E-state index contributed by atoms with van der Waals surface area (Å²) in [6.07, 6.45) is 2.06. The highest BCUT2D eigenvalue weighted by atomic mass is 16.5. The zero-order valence-electron chi connectivity index (χ0n) is 18.1. The number of hydrogen-bond donors (Lipinski definition) is 0. The number of nitrogens with zero attached hydrogens (tertiary/aromatic N) is 1. The van der Waals surface area contributed by atoms with Crippen LogP contribution in [0.3, 0.4) is 0 Å². The Morgan fingerprint density at radius 1 is 0.871 bits per heavy atom. The van der Waals surface area contributed by atoms with Gasteiger partial charge in [0.2, 0.25) is 5.78 Å². The van der Waals surface area contributed by atoms with Gasteiger partial charge in [-0.25, -0.2) is 0 Å². The zero-order chi connectivity index (χ0) is 22.1. The number of ether oxygens (including phenoxy) is 3. The first kappa shape index (κ1) is 22.1. The van der Waals surface area contributed by atoms with Gasteiger partial charge in [-0.15, -0.1) is 0 Å². The van der Waals surface area contributed by atoms with Gasteiger partial charge >= 0.3 is 0 Å². The minimum atomic E-state index is -0.178. The van der Waals surface area contributed by atoms with E-state index in [1.807, 2.05) is 67.6 Å². The highest BCUT2D eigenvalue weighted by Crippen LogP contribution is 2.28. The Kier molecular flexibility index (Phi) is 7.82. The molecule has 0 bridgehead atoms. The molecule has 0 amide bonds. The monoisotopic (exact) mass is 417 g/mol. The standard InChI is InChI=1S/C26H27NO4/c1-19(15-21-13-14-25(29-2)26(16-21)30-3)27-17-23(28)22-11-7-8-12-24(22)31-18-20-9-5-4-6-10-20/h4-14,16-17,19H,15,18H2,1-3H3/b27-17-. The van der Waals surface area contributed by atoms with Crippen molar-refractivity contribution in [2.45, 2.75) is 26.0 Å². The number of carbonyl (C=O) groups excluding carboxylic acids is 1. The smallest absolute Gasteiger partial charge is 0.207 e. The van der Waals surface area contributed by atoms with Crippen molar-refractivity contribution >= 4 is 12.0 Å². The molecule has 3 aromatic carbocycles. The van der Waals surface area contributed by atoms with Gasteiger partial charge < -0.3 is 14.2 Å². The van der Waals surface area contributed by atoms with Crippen LogP contribution >= 0.6 is 0 Å². The van der Waals surface area contributed by atoms with Crippen LogP contribution in [0.15, 0.2) is 77.8 Å². The van der Waals surface area contributed by atoms with E-state index in [1.165, 1.54) is 6.21 Å². The van der Waals surface area contributed by atoms with Crippen molar-refractivity contribution in [2.75, 3.05) is 14.2 Å². The molecule has 1 unspecified atom stereocenters. The number of carbonyl (C=O) groups is 1. The molecule has 0 heterocycles. The van der Waals surface area contributed by atoms with Crippen molar-refractivity contribution in [1.82, 2.24) is 0 Å². The van der Waals surface area contributed by atoms with Crippen molar-refractivity contribution < 1.29 is 19.0 Å². The number of para-hydroxylation sites is 1. The summed E-state index contributed by atoms with van der Waals surface area (Å²) in [6.45, 7) is 2.37. The second kappa shape index (κ2) is 11.0. The molecule has 0 radical (unpaired) electrons. The van der Waals surface area contributed by atoms with E-state index in [0.717, 1.165) is 11.1 Å². The van der Waals surface area contributed by atoms with Gasteiger partial charge in [0.1, 0.15) is 12.4 Å². The normalized spacial score (nSPS) is 11.8. The van der Waals surface area contributed by atoms with Gasteiger partial charge in [-0.05, 0) is 48.7 Å². The molecule has 3 aromatic rings. The zero-order valence-corrected chi connectivity index (χ0v) is 18.1. The molecular weight excluding hydrogens is 390 g/mol. The largest absolute Gasteiger partial charge is 0.493 e. The number of benzene rings is 3. The lowest BCUT2D eigenvalue weighted by atomic mass is 10.1. The van der Waals surface area contributed by atoms with Crippen LogP contribution in [0, 0.1) is 0 Å². The van der Waals surface area contributed by atoms with Gasteiger partial charge in [-0.1, -0.05) is 48.5 Å². The summed E-state index contributed by atoms with van der Waals surface area (Å²) in [5.41, 5.74) is 2.60. The van der Waals surface area contributed by atoms with Crippen LogP contribution in [0.25, 0.3) is 0 Å². The Hall–Kier alpha value is -3.60. The number of ketones is 1.